The van der Waals surface area contributed by atoms with Crippen LogP contribution in [0.25, 0.3) is 0 Å². The standard InChI is InChI=1S/C17H27FO4/c1-5-16(3,4)22-15-8-7-13(9-14(15)18)21-12-17(6-2,10-19)11-20/h7-9,19-20H,5-6,10-12H2,1-4H3. The number of hydrogen-bond acceptors (Lipinski definition) is 4. The summed E-state index contributed by atoms with van der Waals surface area (Å²) in [6, 6.07) is 4.42. The van der Waals surface area contributed by atoms with E-state index in [2.05, 4.69) is 0 Å². The molecule has 0 aromatic heterocycles. The molecule has 0 fully saturated rings. The number of aliphatic hydroxyl groups excluding tert-OH is 2. The highest BCUT2D eigenvalue weighted by Crippen LogP contribution is 2.29. The number of ether oxygens (including phenoxy) is 2. The number of halogens is 1. The van der Waals surface area contributed by atoms with E-state index in [9.17, 15) is 14.6 Å². The van der Waals surface area contributed by atoms with Crippen molar-refractivity contribution in [3.8, 4) is 11.5 Å². The Kier molecular flexibility index (Phi) is 6.63. The first-order valence-corrected chi connectivity index (χ1v) is 7.64. The van der Waals surface area contributed by atoms with Gasteiger partial charge in [-0.25, -0.2) is 4.39 Å². The third kappa shape index (κ3) is 4.85. The van der Waals surface area contributed by atoms with Crippen molar-refractivity contribution in [2.45, 2.75) is 46.1 Å². The number of hydrogen-bond donors (Lipinski definition) is 2. The van der Waals surface area contributed by atoms with Crippen molar-refractivity contribution in [2.24, 2.45) is 5.41 Å². The molecule has 0 aliphatic heterocycles. The van der Waals surface area contributed by atoms with Crippen LogP contribution in [0.3, 0.4) is 0 Å². The molecule has 0 spiro atoms. The molecule has 0 heterocycles. The molecular weight excluding hydrogens is 287 g/mol. The first-order chi connectivity index (χ1) is 10.3. The topological polar surface area (TPSA) is 58.9 Å². The fourth-order valence-electron chi connectivity index (χ4n) is 1.73. The smallest absolute Gasteiger partial charge is 0.168 e. The van der Waals surface area contributed by atoms with E-state index in [1.165, 1.54) is 12.1 Å². The molecule has 0 aliphatic carbocycles. The molecule has 0 aliphatic rings. The van der Waals surface area contributed by atoms with E-state index in [1.54, 1.807) is 6.07 Å². The minimum Gasteiger partial charge on any atom is -0.493 e. The molecule has 0 saturated heterocycles. The first kappa shape index (κ1) is 18.7. The predicted molar refractivity (Wildman–Crippen MR) is 83.8 cm³/mol. The van der Waals surface area contributed by atoms with Crippen molar-refractivity contribution in [3.05, 3.63) is 24.0 Å². The molecule has 5 heteroatoms. The van der Waals surface area contributed by atoms with Crippen molar-refractivity contribution in [3.63, 3.8) is 0 Å². The molecule has 0 radical (unpaired) electrons. The van der Waals surface area contributed by atoms with Crippen LogP contribution in [0, 0.1) is 11.2 Å². The van der Waals surface area contributed by atoms with Gasteiger partial charge in [-0.3, -0.25) is 0 Å². The zero-order valence-electron chi connectivity index (χ0n) is 13.9. The molecule has 0 bridgehead atoms. The Hall–Kier alpha value is -1.33. The fraction of sp³-hybridized carbons (Fsp3) is 0.647. The van der Waals surface area contributed by atoms with E-state index in [1.807, 2.05) is 27.7 Å². The molecule has 0 saturated carbocycles. The highest BCUT2D eigenvalue weighted by Gasteiger charge is 2.28. The number of aliphatic hydroxyl groups is 2. The van der Waals surface area contributed by atoms with E-state index in [0.29, 0.717) is 12.2 Å². The second-order valence-electron chi connectivity index (χ2n) is 6.27. The second-order valence-corrected chi connectivity index (χ2v) is 6.27. The van der Waals surface area contributed by atoms with Crippen molar-refractivity contribution in [2.75, 3.05) is 19.8 Å². The number of benzene rings is 1. The second kappa shape index (κ2) is 7.79. The van der Waals surface area contributed by atoms with Crippen molar-refractivity contribution in [1.29, 1.82) is 0 Å². The molecule has 0 atom stereocenters. The largest absolute Gasteiger partial charge is 0.493 e. The average molecular weight is 314 g/mol. The molecule has 126 valence electrons. The SMILES string of the molecule is CCC(CO)(CO)COc1ccc(OC(C)(C)CC)c(F)c1. The van der Waals surface area contributed by atoms with Crippen molar-refractivity contribution < 1.29 is 24.1 Å². The van der Waals surface area contributed by atoms with Crippen molar-refractivity contribution >= 4 is 0 Å². The van der Waals surface area contributed by atoms with Gasteiger partial charge in [0.05, 0.1) is 25.2 Å². The molecule has 22 heavy (non-hydrogen) atoms. The van der Waals surface area contributed by atoms with Crippen LogP contribution in [0.5, 0.6) is 11.5 Å². The van der Waals surface area contributed by atoms with Gasteiger partial charge in [-0.15, -0.1) is 0 Å². The summed E-state index contributed by atoms with van der Waals surface area (Å²) >= 11 is 0. The Balaban J connectivity index is 2.77. The lowest BCUT2D eigenvalue weighted by atomic mass is 9.88. The molecule has 0 amide bonds. The van der Waals surface area contributed by atoms with Crippen LogP contribution in [0.15, 0.2) is 18.2 Å². The van der Waals surface area contributed by atoms with Gasteiger partial charge in [0.2, 0.25) is 0 Å². The Morgan fingerprint density at radius 1 is 1.09 bits per heavy atom. The average Bonchev–Trinajstić information content (AvgIpc) is 2.51. The molecule has 1 rings (SSSR count). The van der Waals surface area contributed by atoms with Crippen LogP contribution in [0.4, 0.5) is 4.39 Å². The van der Waals surface area contributed by atoms with Gasteiger partial charge in [-0.2, -0.15) is 0 Å². The van der Waals surface area contributed by atoms with E-state index in [0.717, 1.165) is 6.42 Å². The Morgan fingerprint density at radius 3 is 2.18 bits per heavy atom. The van der Waals surface area contributed by atoms with E-state index in [4.69, 9.17) is 9.47 Å². The lowest BCUT2D eigenvalue weighted by Crippen LogP contribution is -2.35. The van der Waals surface area contributed by atoms with Gasteiger partial charge in [-0.1, -0.05) is 13.8 Å². The lowest BCUT2D eigenvalue weighted by Gasteiger charge is -2.28. The number of rotatable bonds is 9. The first-order valence-electron chi connectivity index (χ1n) is 7.64. The third-order valence-electron chi connectivity index (χ3n) is 4.11. The summed E-state index contributed by atoms with van der Waals surface area (Å²) in [7, 11) is 0. The minimum atomic E-state index is -0.712. The van der Waals surface area contributed by atoms with Gasteiger partial charge < -0.3 is 19.7 Å². The van der Waals surface area contributed by atoms with Crippen LogP contribution >= 0.6 is 0 Å². The van der Waals surface area contributed by atoms with Gasteiger partial charge in [0.15, 0.2) is 11.6 Å². The molecule has 0 unspecified atom stereocenters. The molecule has 1 aromatic carbocycles. The van der Waals surface area contributed by atoms with Crippen LogP contribution < -0.4 is 9.47 Å². The summed E-state index contributed by atoms with van der Waals surface area (Å²) < 4.78 is 25.2. The molecule has 2 N–H and O–H groups in total. The zero-order valence-corrected chi connectivity index (χ0v) is 13.9. The zero-order chi connectivity index (χ0) is 16.8. The van der Waals surface area contributed by atoms with Crippen LogP contribution in [0.2, 0.25) is 0 Å². The van der Waals surface area contributed by atoms with E-state index in [-0.39, 0.29) is 25.6 Å². The van der Waals surface area contributed by atoms with Gasteiger partial charge in [0.25, 0.3) is 0 Å². The van der Waals surface area contributed by atoms with Crippen LogP contribution in [0.1, 0.15) is 40.5 Å². The fourth-order valence-corrected chi connectivity index (χ4v) is 1.73. The predicted octanol–water partition coefficient (Wildman–Crippen LogP) is 3.15. The summed E-state index contributed by atoms with van der Waals surface area (Å²) in [5, 5.41) is 18.7. The quantitative estimate of drug-likeness (QED) is 0.735. The summed E-state index contributed by atoms with van der Waals surface area (Å²) in [5.41, 5.74) is -1.15. The molecular formula is C17H27FO4. The Labute approximate surface area is 131 Å². The van der Waals surface area contributed by atoms with E-state index < -0.39 is 16.8 Å². The summed E-state index contributed by atoms with van der Waals surface area (Å²) in [5.74, 6) is 0.0401. The highest BCUT2D eigenvalue weighted by molar-refractivity contribution is 5.33. The van der Waals surface area contributed by atoms with E-state index >= 15 is 0 Å². The van der Waals surface area contributed by atoms with Crippen LogP contribution in [-0.2, 0) is 0 Å². The van der Waals surface area contributed by atoms with Crippen molar-refractivity contribution in [1.82, 2.24) is 0 Å². The Morgan fingerprint density at radius 2 is 1.73 bits per heavy atom. The maximum absolute atomic E-state index is 14.1. The van der Waals surface area contributed by atoms with Gasteiger partial charge >= 0.3 is 0 Å². The van der Waals surface area contributed by atoms with Gasteiger partial charge in [0.1, 0.15) is 11.4 Å². The Bertz CT molecular complexity index is 461. The highest BCUT2D eigenvalue weighted by atomic mass is 19.1. The monoisotopic (exact) mass is 314 g/mol. The summed E-state index contributed by atoms with van der Waals surface area (Å²) in [6.07, 6.45) is 1.32. The normalized spacial score (nSPS) is 12.3. The van der Waals surface area contributed by atoms with Gasteiger partial charge in [-0.05, 0) is 38.8 Å². The summed E-state index contributed by atoms with van der Waals surface area (Å²) in [6.45, 7) is 7.38. The summed E-state index contributed by atoms with van der Waals surface area (Å²) in [4.78, 5) is 0. The van der Waals surface area contributed by atoms with Gasteiger partial charge in [0, 0.05) is 6.07 Å². The maximum atomic E-state index is 14.1. The van der Waals surface area contributed by atoms with Crippen LogP contribution in [-0.4, -0.2) is 35.6 Å². The minimum absolute atomic E-state index is 0.122. The maximum Gasteiger partial charge on any atom is 0.168 e. The third-order valence-corrected chi connectivity index (χ3v) is 4.11. The molecule has 1 aromatic rings. The lowest BCUT2D eigenvalue weighted by molar-refractivity contribution is 0.0113. The molecule has 4 nitrogen and oxygen atoms in total.